The molecule has 0 saturated heterocycles. The molecule has 0 aliphatic heterocycles. The first-order chi connectivity index (χ1) is 48.6. The molecule has 0 heterocycles. The minimum Gasteiger partial charge on any atom is -0.310 e. The fourth-order valence-corrected chi connectivity index (χ4v) is 17.5. The summed E-state index contributed by atoms with van der Waals surface area (Å²) in [6, 6.07) is 124. The van der Waals surface area contributed by atoms with E-state index in [-0.39, 0.29) is 0 Å². The Bertz CT molecular complexity index is 5110. The van der Waals surface area contributed by atoms with E-state index in [0.29, 0.717) is 0 Å². The number of hydrogen-bond donors (Lipinski definition) is 0. The van der Waals surface area contributed by atoms with Crippen LogP contribution >= 0.6 is 0 Å². The van der Waals surface area contributed by atoms with Crippen molar-refractivity contribution in [2.24, 2.45) is 0 Å². The highest BCUT2D eigenvalue weighted by Gasteiger charge is 2.50. The molecule has 0 bridgehead atoms. The van der Waals surface area contributed by atoms with E-state index in [2.05, 4.69) is 378 Å². The lowest BCUT2D eigenvalue weighted by Crippen LogP contribution is -2.31. The molecule has 0 saturated carbocycles. The number of nitrogens with zero attached hydrogens (tertiary/aromatic N) is 2. The summed E-state index contributed by atoms with van der Waals surface area (Å²) in [4.78, 5) is 5.01. The molecule has 3 aliphatic rings. The quantitative estimate of drug-likeness (QED) is 0.0951. The van der Waals surface area contributed by atoms with Crippen LogP contribution in [0.1, 0.15) is 100 Å². The van der Waals surface area contributed by atoms with Crippen LogP contribution in [0, 0.1) is 27.7 Å². The fourth-order valence-electron chi connectivity index (χ4n) is 17.5. The van der Waals surface area contributed by atoms with Gasteiger partial charge in [-0.1, -0.05) is 291 Å². The Morgan fingerprint density at radius 1 is 0.263 bits per heavy atom. The highest BCUT2D eigenvalue weighted by molar-refractivity contribution is 5.95. The smallest absolute Gasteiger partial charge is 0.0715 e. The van der Waals surface area contributed by atoms with Crippen molar-refractivity contribution < 1.29 is 0 Å². The van der Waals surface area contributed by atoms with Crippen LogP contribution in [-0.2, 0) is 29.1 Å². The Labute approximate surface area is 583 Å². The standard InChI is InChI=1S/C97H76N2/c1-7-69-41-45-71(46-42-69)63-95(89-57-65(3)37-39-67(89)5)87-35-23-21-33-81(87)83-53-49-77(59-91(83)95)98(75-29-17-11-18-30-75)79-51-55-85-86-56-52-80(62-94(86)97(93(85)61-79,73-25-13-9-14-26-73)74-27-15-10-16-28-74)99(76-31-19-12-20-32-76)78-50-54-84-82-34-22-24-36-88(82)96(92(84)60-78,90-58-66(4)38-40-68(90)6)64-72-47-43-70(8-2)44-48-72/h7-62H,1-2,63-64H2,3-6H3. The monoisotopic (exact) mass is 1270 g/mol. The third kappa shape index (κ3) is 9.75. The highest BCUT2D eigenvalue weighted by Crippen LogP contribution is 2.62. The maximum absolute atomic E-state index is 4.11. The lowest BCUT2D eigenvalue weighted by molar-refractivity contribution is 0.624. The van der Waals surface area contributed by atoms with Crippen LogP contribution in [0.25, 0.3) is 45.5 Å². The molecule has 2 nitrogen and oxygen atoms in total. The zero-order valence-corrected chi connectivity index (χ0v) is 56.6. The van der Waals surface area contributed by atoms with E-state index in [1.807, 2.05) is 12.2 Å². The van der Waals surface area contributed by atoms with Crippen LogP contribution in [0.3, 0.4) is 0 Å². The van der Waals surface area contributed by atoms with Crippen LogP contribution in [0.2, 0.25) is 0 Å². The van der Waals surface area contributed by atoms with Gasteiger partial charge in [-0.2, -0.15) is 0 Å². The molecule has 17 rings (SSSR count). The van der Waals surface area contributed by atoms with Crippen molar-refractivity contribution >= 4 is 46.3 Å². The van der Waals surface area contributed by atoms with Gasteiger partial charge in [-0.15, -0.1) is 0 Å². The Morgan fingerprint density at radius 3 is 0.939 bits per heavy atom. The molecule has 2 unspecified atom stereocenters. The molecule has 99 heavy (non-hydrogen) atoms. The van der Waals surface area contributed by atoms with E-state index in [9.17, 15) is 0 Å². The summed E-state index contributed by atoms with van der Waals surface area (Å²) in [6.45, 7) is 17.3. The lowest BCUT2D eigenvalue weighted by Gasteiger charge is -2.37. The third-order valence-corrected chi connectivity index (χ3v) is 21.9. The van der Waals surface area contributed by atoms with Crippen molar-refractivity contribution in [3.63, 3.8) is 0 Å². The highest BCUT2D eigenvalue weighted by atomic mass is 15.1. The minimum atomic E-state index is -0.763. The van der Waals surface area contributed by atoms with E-state index >= 15 is 0 Å². The molecule has 0 spiro atoms. The van der Waals surface area contributed by atoms with Crippen LogP contribution < -0.4 is 9.80 Å². The predicted octanol–water partition coefficient (Wildman–Crippen LogP) is 24.6. The van der Waals surface area contributed by atoms with Gasteiger partial charge in [-0.3, -0.25) is 0 Å². The van der Waals surface area contributed by atoms with Gasteiger partial charge >= 0.3 is 0 Å². The van der Waals surface area contributed by atoms with Crippen molar-refractivity contribution in [1.82, 2.24) is 0 Å². The SMILES string of the molecule is C=Cc1ccc(CC2(c3cc(C)ccc3C)c3ccccc3-c3ccc(N(c4ccccc4)c4ccc5c(c4)C(c4ccccc4)(c4ccccc4)c4cc(N(c6ccccc6)c6ccc7c(c6)C(Cc6ccc(C=C)cc6)(c6cc(C)ccc6C)c6ccccc6-7)ccc4-5)cc32)cc1. The average molecular weight is 1270 g/mol. The topological polar surface area (TPSA) is 6.48 Å². The molecular weight excluding hydrogens is 1190 g/mol. The van der Waals surface area contributed by atoms with Gasteiger partial charge in [0.15, 0.2) is 0 Å². The molecule has 0 radical (unpaired) electrons. The second kappa shape index (κ2) is 24.4. The first-order valence-electron chi connectivity index (χ1n) is 34.8. The zero-order chi connectivity index (χ0) is 67.0. The second-order valence-corrected chi connectivity index (χ2v) is 27.5. The summed E-state index contributed by atoms with van der Waals surface area (Å²) in [7, 11) is 0. The van der Waals surface area contributed by atoms with Crippen LogP contribution in [-0.4, -0.2) is 0 Å². The van der Waals surface area contributed by atoms with Crippen LogP contribution in [0.4, 0.5) is 34.1 Å². The zero-order valence-electron chi connectivity index (χ0n) is 56.6. The van der Waals surface area contributed by atoms with Gasteiger partial charge in [-0.25, -0.2) is 0 Å². The number of benzene rings is 14. The molecule has 474 valence electrons. The largest absolute Gasteiger partial charge is 0.310 e. The summed E-state index contributed by atoms with van der Waals surface area (Å²) in [5.74, 6) is 0. The first-order valence-corrected chi connectivity index (χ1v) is 34.8. The molecule has 14 aromatic rings. The third-order valence-electron chi connectivity index (χ3n) is 21.9. The normalized spacial score (nSPS) is 15.6. The summed E-state index contributed by atoms with van der Waals surface area (Å²) in [5.41, 5.74) is 34.8. The average Bonchev–Trinajstić information content (AvgIpc) is 1.54. The van der Waals surface area contributed by atoms with E-state index in [4.69, 9.17) is 0 Å². The van der Waals surface area contributed by atoms with E-state index < -0.39 is 16.2 Å². The number of para-hydroxylation sites is 2. The summed E-state index contributed by atoms with van der Waals surface area (Å²) < 4.78 is 0. The van der Waals surface area contributed by atoms with Crippen LogP contribution in [0.5, 0.6) is 0 Å². The Hall–Kier alpha value is -11.8. The van der Waals surface area contributed by atoms with Crippen molar-refractivity contribution in [1.29, 1.82) is 0 Å². The maximum atomic E-state index is 4.11. The molecule has 0 aromatic heterocycles. The van der Waals surface area contributed by atoms with Crippen LogP contribution in [0.15, 0.2) is 341 Å². The van der Waals surface area contributed by atoms with E-state index in [0.717, 1.165) is 58.1 Å². The van der Waals surface area contributed by atoms with Gasteiger partial charge in [-0.05, 0) is 236 Å². The van der Waals surface area contributed by atoms with Gasteiger partial charge in [0, 0.05) is 34.1 Å². The number of hydrogen-bond acceptors (Lipinski definition) is 2. The summed E-state index contributed by atoms with van der Waals surface area (Å²) >= 11 is 0. The van der Waals surface area contributed by atoms with E-state index in [1.165, 1.54) is 122 Å². The van der Waals surface area contributed by atoms with Crippen molar-refractivity contribution in [3.8, 4) is 33.4 Å². The number of rotatable bonds is 16. The molecule has 14 aromatic carbocycles. The first kappa shape index (κ1) is 60.8. The van der Waals surface area contributed by atoms with E-state index in [1.54, 1.807) is 0 Å². The Balaban J connectivity index is 0.870. The molecule has 0 amide bonds. The van der Waals surface area contributed by atoms with Crippen molar-refractivity contribution in [2.75, 3.05) is 9.80 Å². The van der Waals surface area contributed by atoms with Gasteiger partial charge in [0.2, 0.25) is 0 Å². The van der Waals surface area contributed by atoms with Crippen molar-refractivity contribution in [2.45, 2.75) is 56.8 Å². The Kier molecular flexibility index (Phi) is 15.0. The molecule has 0 N–H and O–H groups in total. The molecular formula is C97H76N2. The molecule has 2 heteroatoms. The lowest BCUT2D eigenvalue weighted by atomic mass is 9.67. The predicted molar refractivity (Wildman–Crippen MR) is 416 cm³/mol. The van der Waals surface area contributed by atoms with Crippen molar-refractivity contribution in [3.05, 3.63) is 441 Å². The summed E-state index contributed by atoms with van der Waals surface area (Å²) in [6.07, 6.45) is 5.44. The number of fused-ring (bicyclic) bond motifs is 9. The minimum absolute atomic E-state index is 0.511. The molecule has 3 aliphatic carbocycles. The number of aryl methyl sites for hydroxylation is 4. The fraction of sp³-hybridized carbons (Fsp3) is 0.0928. The molecule has 0 fully saturated rings. The molecule has 2 atom stereocenters. The van der Waals surface area contributed by atoms with Gasteiger partial charge in [0.05, 0.1) is 16.2 Å². The second-order valence-electron chi connectivity index (χ2n) is 27.5. The maximum Gasteiger partial charge on any atom is 0.0715 e. The summed E-state index contributed by atoms with van der Waals surface area (Å²) in [5, 5.41) is 0. The van der Waals surface area contributed by atoms with Gasteiger partial charge < -0.3 is 9.80 Å². The number of anilines is 6. The van der Waals surface area contributed by atoms with Gasteiger partial charge in [0.1, 0.15) is 0 Å². The Morgan fingerprint density at radius 2 is 0.576 bits per heavy atom. The van der Waals surface area contributed by atoms with Gasteiger partial charge in [0.25, 0.3) is 0 Å².